The van der Waals surface area contributed by atoms with E-state index in [-0.39, 0.29) is 24.0 Å². The van der Waals surface area contributed by atoms with Crippen LogP contribution in [0.4, 0.5) is 10.1 Å². The molecule has 0 amide bonds. The first-order valence-corrected chi connectivity index (χ1v) is 6.92. The van der Waals surface area contributed by atoms with Crippen LogP contribution in [0.3, 0.4) is 0 Å². The second-order valence-corrected chi connectivity index (χ2v) is 6.30. The first-order chi connectivity index (χ1) is 7.96. The second kappa shape index (κ2) is 4.27. The third kappa shape index (κ3) is 2.02. The zero-order valence-electron chi connectivity index (χ0n) is 9.35. The average Bonchev–Trinajstić information content (AvgIpc) is 2.26. The van der Waals surface area contributed by atoms with E-state index in [1.807, 2.05) is 0 Å². The molecular weight excluding hydrogens is 245 g/mol. The molecule has 0 aromatic heterocycles. The SMILES string of the molecule is CC1Nc2ccc(F)cc2S(=O)(=O)C1CCO. The van der Waals surface area contributed by atoms with Crippen LogP contribution in [0.25, 0.3) is 0 Å². The number of hydrogen-bond donors (Lipinski definition) is 2. The summed E-state index contributed by atoms with van der Waals surface area (Å²) in [5.41, 5.74) is 0.424. The summed E-state index contributed by atoms with van der Waals surface area (Å²) in [6, 6.07) is 3.37. The molecule has 2 N–H and O–H groups in total. The lowest BCUT2D eigenvalue weighted by atomic mass is 10.1. The Morgan fingerprint density at radius 3 is 2.82 bits per heavy atom. The van der Waals surface area contributed by atoms with Gasteiger partial charge in [0.2, 0.25) is 0 Å². The molecule has 0 aliphatic carbocycles. The number of sulfone groups is 1. The minimum Gasteiger partial charge on any atom is -0.396 e. The van der Waals surface area contributed by atoms with Gasteiger partial charge in [0, 0.05) is 12.6 Å². The Balaban J connectivity index is 2.55. The molecule has 2 atom stereocenters. The highest BCUT2D eigenvalue weighted by Gasteiger charge is 2.38. The lowest BCUT2D eigenvalue weighted by Crippen LogP contribution is -2.42. The third-order valence-electron chi connectivity index (χ3n) is 3.00. The fourth-order valence-corrected chi connectivity index (χ4v) is 4.21. The molecule has 1 aromatic carbocycles. The minimum absolute atomic E-state index is 0.0194. The highest BCUT2D eigenvalue weighted by Crippen LogP contribution is 2.34. The molecule has 1 heterocycles. The van der Waals surface area contributed by atoms with E-state index in [1.54, 1.807) is 6.92 Å². The Kier molecular flexibility index (Phi) is 3.09. The van der Waals surface area contributed by atoms with Crippen molar-refractivity contribution in [1.82, 2.24) is 0 Å². The van der Waals surface area contributed by atoms with Crippen molar-refractivity contribution in [3.8, 4) is 0 Å². The van der Waals surface area contributed by atoms with Crippen LogP contribution >= 0.6 is 0 Å². The summed E-state index contributed by atoms with van der Waals surface area (Å²) >= 11 is 0. The number of nitrogens with one attached hydrogen (secondary N) is 1. The Labute approximate surface area is 99.4 Å². The number of benzene rings is 1. The van der Waals surface area contributed by atoms with Crippen LogP contribution in [0.1, 0.15) is 13.3 Å². The standard InChI is InChI=1S/C11H14FNO3S/c1-7-10(4-5-14)17(15,16)11-6-8(12)2-3-9(11)13-7/h2-3,6-7,10,13-14H,4-5H2,1H3. The second-order valence-electron chi connectivity index (χ2n) is 4.17. The Bertz CT molecular complexity index is 530. The molecule has 0 spiro atoms. The summed E-state index contributed by atoms with van der Waals surface area (Å²) in [5, 5.41) is 11.2. The number of aliphatic hydroxyl groups excluding tert-OH is 1. The van der Waals surface area contributed by atoms with Crippen molar-refractivity contribution in [2.45, 2.75) is 29.5 Å². The van der Waals surface area contributed by atoms with E-state index in [1.165, 1.54) is 12.1 Å². The van der Waals surface area contributed by atoms with Gasteiger partial charge in [0.25, 0.3) is 0 Å². The normalized spacial score (nSPS) is 26.1. The molecule has 94 valence electrons. The van der Waals surface area contributed by atoms with Crippen molar-refractivity contribution >= 4 is 15.5 Å². The summed E-state index contributed by atoms with van der Waals surface area (Å²) in [6.07, 6.45) is 0.145. The van der Waals surface area contributed by atoms with E-state index in [9.17, 15) is 12.8 Å². The van der Waals surface area contributed by atoms with E-state index >= 15 is 0 Å². The summed E-state index contributed by atoms with van der Waals surface area (Å²) < 4.78 is 37.6. The number of halogens is 1. The highest BCUT2D eigenvalue weighted by molar-refractivity contribution is 7.92. The van der Waals surface area contributed by atoms with E-state index in [2.05, 4.69) is 5.32 Å². The maximum absolute atomic E-state index is 13.1. The van der Waals surface area contributed by atoms with E-state index < -0.39 is 20.9 Å². The molecule has 1 aliphatic heterocycles. The van der Waals surface area contributed by atoms with Crippen LogP contribution in [0, 0.1) is 5.82 Å². The largest absolute Gasteiger partial charge is 0.396 e. The van der Waals surface area contributed by atoms with Gasteiger partial charge in [-0.1, -0.05) is 0 Å². The molecule has 0 radical (unpaired) electrons. The summed E-state index contributed by atoms with van der Waals surface area (Å²) in [7, 11) is -3.58. The van der Waals surface area contributed by atoms with Crippen molar-refractivity contribution in [3.63, 3.8) is 0 Å². The number of fused-ring (bicyclic) bond motifs is 1. The topological polar surface area (TPSA) is 66.4 Å². The van der Waals surface area contributed by atoms with Crippen molar-refractivity contribution in [2.24, 2.45) is 0 Å². The van der Waals surface area contributed by atoms with Crippen LogP contribution in [0.2, 0.25) is 0 Å². The molecule has 6 heteroatoms. The minimum atomic E-state index is -3.58. The van der Waals surface area contributed by atoms with Crippen molar-refractivity contribution in [2.75, 3.05) is 11.9 Å². The number of rotatable bonds is 2. The van der Waals surface area contributed by atoms with Crippen LogP contribution in [-0.4, -0.2) is 31.4 Å². The van der Waals surface area contributed by atoms with Gasteiger partial charge in [-0.25, -0.2) is 12.8 Å². The smallest absolute Gasteiger partial charge is 0.185 e. The zero-order chi connectivity index (χ0) is 12.6. The van der Waals surface area contributed by atoms with Crippen LogP contribution in [0.5, 0.6) is 0 Å². The lowest BCUT2D eigenvalue weighted by molar-refractivity contribution is 0.282. The Morgan fingerprint density at radius 1 is 1.47 bits per heavy atom. The van der Waals surface area contributed by atoms with Gasteiger partial charge < -0.3 is 10.4 Å². The number of anilines is 1. The Morgan fingerprint density at radius 2 is 2.18 bits per heavy atom. The molecule has 2 unspecified atom stereocenters. The first-order valence-electron chi connectivity index (χ1n) is 5.37. The molecule has 2 rings (SSSR count). The quantitative estimate of drug-likeness (QED) is 0.836. The van der Waals surface area contributed by atoms with Crippen molar-refractivity contribution in [1.29, 1.82) is 0 Å². The predicted molar refractivity (Wildman–Crippen MR) is 62.2 cm³/mol. The van der Waals surface area contributed by atoms with Gasteiger partial charge in [0.1, 0.15) is 5.82 Å². The van der Waals surface area contributed by atoms with Crippen molar-refractivity contribution < 1.29 is 17.9 Å². The molecule has 4 nitrogen and oxygen atoms in total. The number of aliphatic hydroxyl groups is 1. The lowest BCUT2D eigenvalue weighted by Gasteiger charge is -2.31. The first kappa shape index (κ1) is 12.3. The summed E-state index contributed by atoms with van der Waals surface area (Å²) in [5.74, 6) is -0.577. The summed E-state index contributed by atoms with van der Waals surface area (Å²) in [6.45, 7) is 1.53. The third-order valence-corrected chi connectivity index (χ3v) is 5.40. The van der Waals surface area contributed by atoms with Gasteiger partial charge >= 0.3 is 0 Å². The van der Waals surface area contributed by atoms with Crippen LogP contribution < -0.4 is 5.32 Å². The summed E-state index contributed by atoms with van der Waals surface area (Å²) in [4.78, 5) is -0.0194. The van der Waals surface area contributed by atoms with Gasteiger partial charge in [-0.3, -0.25) is 0 Å². The molecule has 1 aliphatic rings. The van der Waals surface area contributed by atoms with Gasteiger partial charge in [-0.05, 0) is 31.5 Å². The fraction of sp³-hybridized carbons (Fsp3) is 0.455. The molecule has 0 fully saturated rings. The van der Waals surface area contributed by atoms with E-state index in [0.29, 0.717) is 5.69 Å². The maximum atomic E-state index is 13.1. The fourth-order valence-electron chi connectivity index (χ4n) is 2.15. The monoisotopic (exact) mass is 259 g/mol. The molecular formula is C11H14FNO3S. The van der Waals surface area contributed by atoms with Gasteiger partial charge in [-0.15, -0.1) is 0 Å². The van der Waals surface area contributed by atoms with Gasteiger partial charge in [0.05, 0.1) is 15.8 Å². The van der Waals surface area contributed by atoms with E-state index in [0.717, 1.165) is 6.07 Å². The Hall–Kier alpha value is -1.14. The van der Waals surface area contributed by atoms with Crippen LogP contribution in [0.15, 0.2) is 23.1 Å². The maximum Gasteiger partial charge on any atom is 0.185 e. The highest BCUT2D eigenvalue weighted by atomic mass is 32.2. The average molecular weight is 259 g/mol. The number of hydrogen-bond acceptors (Lipinski definition) is 4. The van der Waals surface area contributed by atoms with Gasteiger partial charge in [0.15, 0.2) is 9.84 Å². The molecule has 0 saturated heterocycles. The van der Waals surface area contributed by atoms with E-state index in [4.69, 9.17) is 5.11 Å². The van der Waals surface area contributed by atoms with Crippen LogP contribution in [-0.2, 0) is 9.84 Å². The zero-order valence-corrected chi connectivity index (χ0v) is 10.2. The molecule has 1 aromatic rings. The molecule has 0 bridgehead atoms. The molecule has 0 saturated carbocycles. The van der Waals surface area contributed by atoms with Gasteiger partial charge in [-0.2, -0.15) is 0 Å². The molecule has 17 heavy (non-hydrogen) atoms. The van der Waals surface area contributed by atoms with Crippen molar-refractivity contribution in [3.05, 3.63) is 24.0 Å². The predicted octanol–water partition coefficient (Wildman–Crippen LogP) is 1.16.